The van der Waals surface area contributed by atoms with E-state index in [0.29, 0.717) is 28.2 Å². The molecule has 0 amide bonds. The number of nitrogens with zero attached hydrogens (tertiary/aromatic N) is 1. The van der Waals surface area contributed by atoms with E-state index in [1.165, 1.54) is 6.07 Å². The molecule has 0 fully saturated rings. The van der Waals surface area contributed by atoms with Crippen LogP contribution in [-0.2, 0) is 16.1 Å². The molecule has 3 aromatic rings. The third-order valence-electron chi connectivity index (χ3n) is 4.47. The summed E-state index contributed by atoms with van der Waals surface area (Å²) in [5.74, 6) is 0.0814. The molecule has 0 spiro atoms. The number of para-hydroxylation sites is 3. The molecule has 0 unspecified atom stereocenters. The third kappa shape index (κ3) is 3.13. The van der Waals surface area contributed by atoms with Crippen LogP contribution in [0.25, 0.3) is 0 Å². The normalized spacial score (nSPS) is 12.4. The lowest BCUT2D eigenvalue weighted by Crippen LogP contribution is -2.21. The van der Waals surface area contributed by atoms with Crippen molar-refractivity contribution in [1.82, 2.24) is 0 Å². The second-order valence-electron chi connectivity index (χ2n) is 6.10. The predicted molar refractivity (Wildman–Crippen MR) is 97.7 cm³/mol. The fourth-order valence-corrected chi connectivity index (χ4v) is 3.21. The first-order valence-electron chi connectivity index (χ1n) is 8.40. The van der Waals surface area contributed by atoms with E-state index in [9.17, 15) is 14.9 Å². The van der Waals surface area contributed by atoms with Crippen LogP contribution in [0, 0.1) is 10.1 Å². The van der Waals surface area contributed by atoms with Crippen LogP contribution < -0.4 is 4.74 Å². The quantitative estimate of drug-likeness (QED) is 0.386. The Labute approximate surface area is 155 Å². The number of rotatable bonds is 4. The minimum absolute atomic E-state index is 0.0712. The van der Waals surface area contributed by atoms with E-state index in [0.717, 1.165) is 0 Å². The maximum Gasteiger partial charge on any atom is 0.318 e. The number of carbonyl (C=O) groups is 1. The summed E-state index contributed by atoms with van der Waals surface area (Å²) in [6.45, 7) is -0.169. The van der Waals surface area contributed by atoms with Gasteiger partial charge in [0.05, 0.1) is 10.5 Å². The number of hydrogen-bond donors (Lipinski definition) is 0. The van der Waals surface area contributed by atoms with E-state index in [2.05, 4.69) is 0 Å². The molecular weight excluding hydrogens is 346 g/mol. The maximum atomic E-state index is 12.9. The minimum Gasteiger partial charge on any atom is -0.460 e. The Morgan fingerprint density at radius 1 is 0.926 bits per heavy atom. The standard InChI is InChI=1S/C21H15NO5/c23-21(26-13-14-7-1-4-10-17(14)22(24)25)20-15-8-2-5-11-18(15)27-19-12-6-3-9-16(19)20/h1-12,20H,13H2. The van der Waals surface area contributed by atoms with Crippen molar-refractivity contribution in [2.45, 2.75) is 12.5 Å². The molecule has 0 saturated heterocycles. The zero-order valence-corrected chi connectivity index (χ0v) is 14.2. The zero-order valence-electron chi connectivity index (χ0n) is 14.2. The molecule has 6 heteroatoms. The molecule has 3 aromatic carbocycles. The molecule has 0 bridgehead atoms. The van der Waals surface area contributed by atoms with Gasteiger partial charge < -0.3 is 9.47 Å². The van der Waals surface area contributed by atoms with Gasteiger partial charge in [-0.25, -0.2) is 0 Å². The van der Waals surface area contributed by atoms with Crippen LogP contribution in [0.15, 0.2) is 72.8 Å². The molecule has 0 aromatic heterocycles. The van der Waals surface area contributed by atoms with E-state index in [4.69, 9.17) is 9.47 Å². The molecule has 0 radical (unpaired) electrons. The lowest BCUT2D eigenvalue weighted by Gasteiger charge is -2.26. The Morgan fingerprint density at radius 3 is 2.11 bits per heavy atom. The molecule has 27 heavy (non-hydrogen) atoms. The summed E-state index contributed by atoms with van der Waals surface area (Å²) in [5.41, 5.74) is 1.70. The summed E-state index contributed by atoms with van der Waals surface area (Å²) >= 11 is 0. The van der Waals surface area contributed by atoms with E-state index in [1.807, 2.05) is 36.4 Å². The number of nitro benzene ring substituents is 1. The Hall–Kier alpha value is -3.67. The summed E-state index contributed by atoms with van der Waals surface area (Å²) in [5, 5.41) is 11.1. The molecule has 0 atom stereocenters. The average Bonchev–Trinajstić information content (AvgIpc) is 2.70. The molecular formula is C21H15NO5. The van der Waals surface area contributed by atoms with Gasteiger partial charge in [0.15, 0.2) is 0 Å². The maximum absolute atomic E-state index is 12.9. The van der Waals surface area contributed by atoms with Crippen molar-refractivity contribution < 1.29 is 19.2 Å². The topological polar surface area (TPSA) is 78.7 Å². The Kier molecular flexibility index (Phi) is 4.30. The van der Waals surface area contributed by atoms with Crippen molar-refractivity contribution >= 4 is 11.7 Å². The van der Waals surface area contributed by atoms with Crippen LogP contribution in [0.5, 0.6) is 11.5 Å². The van der Waals surface area contributed by atoms with Crippen molar-refractivity contribution in [2.24, 2.45) is 0 Å². The zero-order chi connectivity index (χ0) is 18.8. The Balaban J connectivity index is 1.64. The summed E-state index contributed by atoms with van der Waals surface area (Å²) < 4.78 is 11.3. The molecule has 0 N–H and O–H groups in total. The lowest BCUT2D eigenvalue weighted by molar-refractivity contribution is -0.385. The van der Waals surface area contributed by atoms with Gasteiger partial charge >= 0.3 is 5.97 Å². The number of carbonyl (C=O) groups excluding carboxylic acids is 1. The van der Waals surface area contributed by atoms with Crippen LogP contribution in [0.2, 0.25) is 0 Å². The second kappa shape index (κ2) is 6.92. The molecule has 6 nitrogen and oxygen atoms in total. The van der Waals surface area contributed by atoms with E-state index in [1.54, 1.807) is 30.3 Å². The van der Waals surface area contributed by atoms with E-state index in [-0.39, 0.29) is 12.3 Å². The summed E-state index contributed by atoms with van der Waals surface area (Å²) in [6, 6.07) is 20.8. The largest absolute Gasteiger partial charge is 0.460 e. The average molecular weight is 361 g/mol. The molecule has 0 saturated carbocycles. The highest BCUT2D eigenvalue weighted by molar-refractivity contribution is 5.85. The first kappa shape index (κ1) is 16.8. The van der Waals surface area contributed by atoms with Crippen molar-refractivity contribution in [3.05, 3.63) is 99.6 Å². The van der Waals surface area contributed by atoms with Crippen LogP contribution in [0.1, 0.15) is 22.6 Å². The van der Waals surface area contributed by atoms with Crippen LogP contribution in [0.3, 0.4) is 0 Å². The Bertz CT molecular complexity index is 985. The highest BCUT2D eigenvalue weighted by Crippen LogP contribution is 2.44. The fourth-order valence-electron chi connectivity index (χ4n) is 3.21. The summed E-state index contributed by atoms with van der Waals surface area (Å²) in [7, 11) is 0. The minimum atomic E-state index is -0.645. The molecule has 1 aliphatic heterocycles. The molecule has 1 aliphatic rings. The highest BCUT2D eigenvalue weighted by atomic mass is 16.6. The van der Waals surface area contributed by atoms with Gasteiger partial charge in [-0.2, -0.15) is 0 Å². The van der Waals surface area contributed by atoms with Crippen LogP contribution in [0.4, 0.5) is 5.69 Å². The van der Waals surface area contributed by atoms with Gasteiger partial charge in [-0.3, -0.25) is 14.9 Å². The van der Waals surface area contributed by atoms with Crippen molar-refractivity contribution in [2.75, 3.05) is 0 Å². The summed E-state index contributed by atoms with van der Waals surface area (Å²) in [6.07, 6.45) is 0. The monoisotopic (exact) mass is 361 g/mol. The number of nitro groups is 1. The van der Waals surface area contributed by atoms with Gasteiger partial charge in [0.2, 0.25) is 0 Å². The second-order valence-corrected chi connectivity index (χ2v) is 6.10. The summed E-state index contributed by atoms with van der Waals surface area (Å²) in [4.78, 5) is 23.6. The van der Waals surface area contributed by atoms with Crippen molar-refractivity contribution in [3.63, 3.8) is 0 Å². The van der Waals surface area contributed by atoms with Crippen LogP contribution >= 0.6 is 0 Å². The van der Waals surface area contributed by atoms with Gasteiger partial charge in [0.25, 0.3) is 5.69 Å². The van der Waals surface area contributed by atoms with Crippen molar-refractivity contribution in [3.8, 4) is 11.5 Å². The van der Waals surface area contributed by atoms with Gasteiger partial charge in [0, 0.05) is 17.2 Å². The predicted octanol–water partition coefficient (Wildman–Crippen LogP) is 4.58. The van der Waals surface area contributed by atoms with E-state index >= 15 is 0 Å². The molecule has 4 rings (SSSR count). The number of ether oxygens (including phenoxy) is 2. The number of esters is 1. The Morgan fingerprint density at radius 2 is 1.48 bits per heavy atom. The smallest absolute Gasteiger partial charge is 0.318 e. The fraction of sp³-hybridized carbons (Fsp3) is 0.0952. The SMILES string of the molecule is O=C(OCc1ccccc1[N+](=O)[O-])C1c2ccccc2Oc2ccccc21. The number of hydrogen-bond acceptors (Lipinski definition) is 5. The van der Waals surface area contributed by atoms with Crippen molar-refractivity contribution in [1.29, 1.82) is 0 Å². The number of benzene rings is 3. The third-order valence-corrected chi connectivity index (χ3v) is 4.47. The van der Waals surface area contributed by atoms with E-state index < -0.39 is 16.8 Å². The van der Waals surface area contributed by atoms with Crippen LogP contribution in [-0.4, -0.2) is 10.9 Å². The van der Waals surface area contributed by atoms with Gasteiger partial charge in [-0.15, -0.1) is 0 Å². The lowest BCUT2D eigenvalue weighted by atomic mass is 9.88. The molecule has 1 heterocycles. The highest BCUT2D eigenvalue weighted by Gasteiger charge is 2.33. The number of fused-ring (bicyclic) bond motifs is 2. The van der Waals surface area contributed by atoms with Gasteiger partial charge in [-0.1, -0.05) is 48.5 Å². The van der Waals surface area contributed by atoms with Gasteiger partial charge in [0.1, 0.15) is 24.0 Å². The first-order chi connectivity index (χ1) is 13.1. The first-order valence-corrected chi connectivity index (χ1v) is 8.40. The van der Waals surface area contributed by atoms with Gasteiger partial charge in [-0.05, 0) is 18.2 Å². The molecule has 0 aliphatic carbocycles. The molecule has 134 valence electrons.